The van der Waals surface area contributed by atoms with Crippen LogP contribution in [0, 0.1) is 13.8 Å². The number of carbonyl (C=O) groups is 1. The first kappa shape index (κ1) is 15.8. The summed E-state index contributed by atoms with van der Waals surface area (Å²) in [6, 6.07) is -0.204. The molecular weight excluding hydrogens is 268 g/mol. The van der Waals surface area contributed by atoms with E-state index in [4.69, 9.17) is 0 Å². The number of urea groups is 1. The molecule has 1 saturated carbocycles. The monoisotopic (exact) mass is 294 g/mol. The maximum absolute atomic E-state index is 11.9. The van der Waals surface area contributed by atoms with E-state index in [1.54, 1.807) is 0 Å². The number of aliphatic hydroxyl groups is 1. The molecule has 118 valence electrons. The zero-order chi connectivity index (χ0) is 15.6. The van der Waals surface area contributed by atoms with Gasteiger partial charge in [0.25, 0.3) is 0 Å². The molecule has 1 aromatic rings. The molecule has 1 aromatic heterocycles. The number of aromatic nitrogens is 2. The fourth-order valence-electron chi connectivity index (χ4n) is 2.75. The summed E-state index contributed by atoms with van der Waals surface area (Å²) in [7, 11) is 1.93. The summed E-state index contributed by atoms with van der Waals surface area (Å²) < 4.78 is 1.86. The number of aryl methyl sites for hydroxylation is 2. The first-order valence-corrected chi connectivity index (χ1v) is 7.56. The summed E-state index contributed by atoms with van der Waals surface area (Å²) in [4.78, 5) is 11.9. The van der Waals surface area contributed by atoms with Crippen molar-refractivity contribution < 1.29 is 9.90 Å². The molecular formula is C15H26N4O2. The standard InChI is InChI=1S/C15H26N4O2/c1-10(8-13-11(2)18-19(4)12(13)3)17-14(20)16-9-15(21)6-5-7-15/h10,21H,5-9H2,1-4H3,(H2,16,17,20). The molecule has 1 fully saturated rings. The van der Waals surface area contributed by atoms with Crippen molar-refractivity contribution in [3.8, 4) is 0 Å². The van der Waals surface area contributed by atoms with Crippen LogP contribution >= 0.6 is 0 Å². The van der Waals surface area contributed by atoms with Gasteiger partial charge in [-0.05, 0) is 52.0 Å². The van der Waals surface area contributed by atoms with Crippen molar-refractivity contribution in [3.05, 3.63) is 17.0 Å². The molecule has 6 nitrogen and oxygen atoms in total. The van der Waals surface area contributed by atoms with Crippen LogP contribution in [-0.2, 0) is 13.5 Å². The van der Waals surface area contributed by atoms with Gasteiger partial charge in [-0.3, -0.25) is 4.68 Å². The number of hydrogen-bond acceptors (Lipinski definition) is 3. The van der Waals surface area contributed by atoms with Crippen molar-refractivity contribution in [3.63, 3.8) is 0 Å². The summed E-state index contributed by atoms with van der Waals surface area (Å²) >= 11 is 0. The van der Waals surface area contributed by atoms with E-state index in [0.717, 1.165) is 37.1 Å². The smallest absolute Gasteiger partial charge is 0.315 e. The lowest BCUT2D eigenvalue weighted by Crippen LogP contribution is -2.51. The summed E-state index contributed by atoms with van der Waals surface area (Å²) in [5, 5.41) is 20.0. The van der Waals surface area contributed by atoms with Gasteiger partial charge in [0.1, 0.15) is 0 Å². The Morgan fingerprint density at radius 2 is 2.14 bits per heavy atom. The van der Waals surface area contributed by atoms with Crippen LogP contribution in [-0.4, -0.2) is 39.1 Å². The summed E-state index contributed by atoms with van der Waals surface area (Å²) in [5.41, 5.74) is 2.64. The minimum atomic E-state index is -0.683. The molecule has 21 heavy (non-hydrogen) atoms. The minimum Gasteiger partial charge on any atom is -0.388 e. The largest absolute Gasteiger partial charge is 0.388 e. The fourth-order valence-corrected chi connectivity index (χ4v) is 2.75. The van der Waals surface area contributed by atoms with Gasteiger partial charge in [-0.2, -0.15) is 5.10 Å². The van der Waals surface area contributed by atoms with E-state index >= 15 is 0 Å². The van der Waals surface area contributed by atoms with Crippen molar-refractivity contribution >= 4 is 6.03 Å². The van der Waals surface area contributed by atoms with E-state index < -0.39 is 5.60 Å². The molecule has 0 bridgehead atoms. The maximum Gasteiger partial charge on any atom is 0.315 e. The lowest BCUT2D eigenvalue weighted by Gasteiger charge is -2.36. The van der Waals surface area contributed by atoms with Crippen LogP contribution in [0.4, 0.5) is 4.79 Å². The van der Waals surface area contributed by atoms with E-state index in [1.165, 1.54) is 5.56 Å². The van der Waals surface area contributed by atoms with Crippen LogP contribution in [0.15, 0.2) is 0 Å². The predicted octanol–water partition coefficient (Wildman–Crippen LogP) is 1.18. The molecule has 1 aliphatic rings. The first-order chi connectivity index (χ1) is 9.81. The fraction of sp³-hybridized carbons (Fsp3) is 0.733. The topological polar surface area (TPSA) is 79.2 Å². The van der Waals surface area contributed by atoms with E-state index in [0.29, 0.717) is 6.54 Å². The number of rotatable bonds is 5. The Hall–Kier alpha value is -1.56. The van der Waals surface area contributed by atoms with E-state index in [-0.39, 0.29) is 12.1 Å². The van der Waals surface area contributed by atoms with Crippen molar-refractivity contribution in [2.45, 2.75) is 58.1 Å². The summed E-state index contributed by atoms with van der Waals surface area (Å²) in [6.07, 6.45) is 3.34. The molecule has 3 N–H and O–H groups in total. The van der Waals surface area contributed by atoms with E-state index in [9.17, 15) is 9.90 Å². The second-order valence-corrected chi connectivity index (χ2v) is 6.28. The summed E-state index contributed by atoms with van der Waals surface area (Å²) in [6.45, 7) is 6.33. The Balaban J connectivity index is 1.80. The Kier molecular flexibility index (Phi) is 4.56. The van der Waals surface area contributed by atoms with Gasteiger partial charge in [-0.15, -0.1) is 0 Å². The molecule has 0 aromatic carbocycles. The van der Waals surface area contributed by atoms with Gasteiger partial charge < -0.3 is 15.7 Å². The van der Waals surface area contributed by atoms with Crippen molar-refractivity contribution in [1.29, 1.82) is 0 Å². The molecule has 2 rings (SSSR count). The number of hydrogen-bond donors (Lipinski definition) is 3. The highest BCUT2D eigenvalue weighted by molar-refractivity contribution is 5.74. The normalized spacial score (nSPS) is 18.0. The first-order valence-electron chi connectivity index (χ1n) is 7.56. The molecule has 1 heterocycles. The van der Waals surface area contributed by atoms with Crippen LogP contribution < -0.4 is 10.6 Å². The average molecular weight is 294 g/mol. The molecule has 1 unspecified atom stereocenters. The van der Waals surface area contributed by atoms with E-state index in [1.807, 2.05) is 32.5 Å². The van der Waals surface area contributed by atoms with Gasteiger partial charge in [0.05, 0.1) is 11.3 Å². The van der Waals surface area contributed by atoms with Crippen LogP contribution in [0.1, 0.15) is 43.1 Å². The van der Waals surface area contributed by atoms with Gasteiger partial charge in [0.2, 0.25) is 0 Å². The van der Waals surface area contributed by atoms with Gasteiger partial charge >= 0.3 is 6.03 Å². The second kappa shape index (κ2) is 6.05. The van der Waals surface area contributed by atoms with Crippen molar-refractivity contribution in [1.82, 2.24) is 20.4 Å². The number of nitrogens with one attached hydrogen (secondary N) is 2. The zero-order valence-corrected chi connectivity index (χ0v) is 13.4. The van der Waals surface area contributed by atoms with Gasteiger partial charge in [0, 0.05) is 25.3 Å². The third kappa shape index (κ3) is 3.75. The highest BCUT2D eigenvalue weighted by atomic mass is 16.3. The van der Waals surface area contributed by atoms with Crippen molar-refractivity contribution in [2.24, 2.45) is 7.05 Å². The molecule has 1 aliphatic carbocycles. The maximum atomic E-state index is 11.9. The van der Waals surface area contributed by atoms with Gasteiger partial charge in [-0.25, -0.2) is 4.79 Å². The number of nitrogens with zero attached hydrogens (tertiary/aromatic N) is 2. The average Bonchev–Trinajstić information content (AvgIpc) is 2.61. The number of carbonyl (C=O) groups excluding carboxylic acids is 1. The highest BCUT2D eigenvalue weighted by Crippen LogP contribution is 2.30. The summed E-state index contributed by atoms with van der Waals surface area (Å²) in [5.74, 6) is 0. The Labute approximate surface area is 125 Å². The molecule has 0 saturated heterocycles. The van der Waals surface area contributed by atoms with Crippen LogP contribution in [0.5, 0.6) is 0 Å². The highest BCUT2D eigenvalue weighted by Gasteiger charge is 2.34. The van der Waals surface area contributed by atoms with Crippen LogP contribution in [0.25, 0.3) is 0 Å². The predicted molar refractivity (Wildman–Crippen MR) is 81.2 cm³/mol. The molecule has 0 radical (unpaired) electrons. The molecule has 2 amide bonds. The van der Waals surface area contributed by atoms with E-state index in [2.05, 4.69) is 15.7 Å². The second-order valence-electron chi connectivity index (χ2n) is 6.28. The number of amides is 2. The lowest BCUT2D eigenvalue weighted by atomic mass is 9.80. The van der Waals surface area contributed by atoms with Gasteiger partial charge in [0.15, 0.2) is 0 Å². The van der Waals surface area contributed by atoms with Crippen molar-refractivity contribution in [2.75, 3.05) is 6.54 Å². The van der Waals surface area contributed by atoms with Crippen LogP contribution in [0.3, 0.4) is 0 Å². The minimum absolute atomic E-state index is 0.0163. The Morgan fingerprint density at radius 3 is 2.62 bits per heavy atom. The molecule has 0 spiro atoms. The Bertz CT molecular complexity index is 520. The lowest BCUT2D eigenvalue weighted by molar-refractivity contribution is -0.0290. The molecule has 1 atom stereocenters. The van der Waals surface area contributed by atoms with Crippen LogP contribution in [0.2, 0.25) is 0 Å². The SMILES string of the molecule is Cc1nn(C)c(C)c1CC(C)NC(=O)NCC1(O)CCC1. The third-order valence-electron chi connectivity index (χ3n) is 4.41. The molecule has 6 heteroatoms. The quantitative estimate of drug-likeness (QED) is 0.763. The molecule has 0 aliphatic heterocycles. The third-order valence-corrected chi connectivity index (χ3v) is 4.41. The zero-order valence-electron chi connectivity index (χ0n) is 13.4. The van der Waals surface area contributed by atoms with Gasteiger partial charge in [-0.1, -0.05) is 0 Å². The Morgan fingerprint density at radius 1 is 1.48 bits per heavy atom.